The van der Waals surface area contributed by atoms with Crippen molar-refractivity contribution in [3.63, 3.8) is 0 Å². The maximum Gasteiger partial charge on any atom is 0.309 e. The number of hydrogen-bond acceptors (Lipinski definition) is 4. The number of carbonyl (C=O) groups is 2. The fourth-order valence-corrected chi connectivity index (χ4v) is 4.63. The molecule has 0 atom stereocenters. The molecule has 0 radical (unpaired) electrons. The Labute approximate surface area is 183 Å². The van der Waals surface area contributed by atoms with E-state index in [1.165, 1.54) is 0 Å². The van der Waals surface area contributed by atoms with Crippen LogP contribution in [0.2, 0.25) is 0 Å². The first-order valence-electron chi connectivity index (χ1n) is 10.9. The van der Waals surface area contributed by atoms with Gasteiger partial charge in [-0.25, -0.2) is 0 Å². The van der Waals surface area contributed by atoms with Gasteiger partial charge in [0.15, 0.2) is 0 Å². The Hall–Kier alpha value is -3.14. The molecule has 2 aliphatic rings. The molecule has 0 amide bonds. The number of hydrogen-bond donors (Lipinski definition) is 0. The van der Waals surface area contributed by atoms with E-state index in [-0.39, 0.29) is 29.2 Å². The minimum absolute atomic E-state index is 0.0316. The van der Waals surface area contributed by atoms with Crippen LogP contribution in [0.25, 0.3) is 12.2 Å². The number of benzene rings is 2. The average Bonchev–Trinajstić information content (AvgIpc) is 2.74. The molecule has 160 valence electrons. The van der Waals surface area contributed by atoms with Crippen molar-refractivity contribution in [3.05, 3.63) is 83.9 Å². The van der Waals surface area contributed by atoms with Gasteiger partial charge in [0, 0.05) is 0 Å². The molecule has 1 spiro atoms. The van der Waals surface area contributed by atoms with Gasteiger partial charge in [-0.3, -0.25) is 9.59 Å². The topological polar surface area (TPSA) is 52.6 Å². The highest BCUT2D eigenvalue weighted by molar-refractivity contribution is 5.76. The zero-order chi connectivity index (χ0) is 21.5. The van der Waals surface area contributed by atoms with Crippen molar-refractivity contribution in [1.82, 2.24) is 0 Å². The van der Waals surface area contributed by atoms with Crippen molar-refractivity contribution in [2.75, 3.05) is 13.2 Å². The van der Waals surface area contributed by atoms with Crippen molar-refractivity contribution < 1.29 is 19.1 Å². The van der Waals surface area contributed by atoms with Gasteiger partial charge < -0.3 is 9.47 Å². The first-order chi connectivity index (χ1) is 15.1. The minimum atomic E-state index is -0.125. The molecule has 4 heteroatoms. The number of esters is 2. The Bertz CT molecular complexity index is 851. The first kappa shape index (κ1) is 21.1. The smallest absolute Gasteiger partial charge is 0.309 e. The van der Waals surface area contributed by atoms with E-state index in [9.17, 15) is 9.59 Å². The van der Waals surface area contributed by atoms with E-state index < -0.39 is 0 Å². The highest BCUT2D eigenvalue weighted by Crippen LogP contribution is 2.61. The summed E-state index contributed by atoms with van der Waals surface area (Å²) in [7, 11) is 0. The Morgan fingerprint density at radius 1 is 0.710 bits per heavy atom. The van der Waals surface area contributed by atoms with Gasteiger partial charge in [-0.15, -0.1) is 0 Å². The lowest BCUT2D eigenvalue weighted by atomic mass is 9.48. The van der Waals surface area contributed by atoms with Crippen LogP contribution in [-0.2, 0) is 19.1 Å². The van der Waals surface area contributed by atoms with Crippen molar-refractivity contribution in [2.45, 2.75) is 25.7 Å². The third kappa shape index (κ3) is 5.52. The molecule has 2 saturated carbocycles. The monoisotopic (exact) mass is 416 g/mol. The van der Waals surface area contributed by atoms with Crippen molar-refractivity contribution in [2.24, 2.45) is 17.3 Å². The summed E-state index contributed by atoms with van der Waals surface area (Å²) in [6.07, 6.45) is 10.9. The lowest BCUT2D eigenvalue weighted by molar-refractivity contribution is -0.173. The Morgan fingerprint density at radius 3 is 1.48 bits per heavy atom. The van der Waals surface area contributed by atoms with E-state index >= 15 is 0 Å². The molecule has 0 bridgehead atoms. The van der Waals surface area contributed by atoms with Crippen molar-refractivity contribution in [1.29, 1.82) is 0 Å². The van der Waals surface area contributed by atoms with Gasteiger partial charge in [0.25, 0.3) is 0 Å². The molecular weight excluding hydrogens is 388 g/mol. The van der Waals surface area contributed by atoms with Gasteiger partial charge in [-0.05, 0) is 54.4 Å². The molecule has 0 unspecified atom stereocenters. The molecular formula is C27H28O4. The van der Waals surface area contributed by atoms with E-state index in [0.29, 0.717) is 13.2 Å². The van der Waals surface area contributed by atoms with E-state index in [4.69, 9.17) is 9.47 Å². The molecule has 0 heterocycles. The van der Waals surface area contributed by atoms with Crippen LogP contribution in [0, 0.1) is 17.3 Å². The van der Waals surface area contributed by atoms with E-state index in [0.717, 1.165) is 36.8 Å². The zero-order valence-corrected chi connectivity index (χ0v) is 17.6. The normalized spacial score (nSPS) is 24.6. The average molecular weight is 417 g/mol. The summed E-state index contributed by atoms with van der Waals surface area (Å²) in [5.74, 6) is -0.312. The highest BCUT2D eigenvalue weighted by Gasteiger charge is 2.57. The fourth-order valence-electron chi connectivity index (χ4n) is 4.63. The summed E-state index contributed by atoms with van der Waals surface area (Å²) < 4.78 is 10.8. The molecule has 2 fully saturated rings. The molecule has 0 aromatic heterocycles. The summed E-state index contributed by atoms with van der Waals surface area (Å²) in [5, 5.41) is 0. The summed E-state index contributed by atoms with van der Waals surface area (Å²) in [4.78, 5) is 24.4. The quantitative estimate of drug-likeness (QED) is 0.548. The lowest BCUT2D eigenvalue weighted by Gasteiger charge is -2.55. The standard InChI is InChI=1S/C27H28O4/c28-25(30-15-7-13-21-9-3-1-4-10-21)23-17-27(18-23)19-24(20-27)26(29)31-16-8-14-22-11-5-2-6-12-22/h1-14,23-24H,15-20H2. The maximum atomic E-state index is 12.2. The first-order valence-corrected chi connectivity index (χ1v) is 10.9. The van der Waals surface area contributed by atoms with Crippen LogP contribution in [0.1, 0.15) is 36.8 Å². The Kier molecular flexibility index (Phi) is 6.66. The number of carbonyl (C=O) groups excluding carboxylic acids is 2. The molecule has 0 aliphatic heterocycles. The SMILES string of the molecule is O=C(OCC=Cc1ccccc1)C1CC2(C1)CC(C(=O)OCC=Cc1ccccc1)C2. The Balaban J connectivity index is 1.10. The number of rotatable bonds is 8. The molecule has 2 aliphatic carbocycles. The third-order valence-corrected chi connectivity index (χ3v) is 6.25. The van der Waals surface area contributed by atoms with Gasteiger partial charge in [0.2, 0.25) is 0 Å². The minimum Gasteiger partial charge on any atom is -0.461 e. The predicted molar refractivity (Wildman–Crippen MR) is 121 cm³/mol. The zero-order valence-electron chi connectivity index (χ0n) is 17.6. The van der Waals surface area contributed by atoms with E-state index in [1.807, 2.05) is 85.0 Å². The van der Waals surface area contributed by atoms with Gasteiger partial charge in [0.1, 0.15) is 13.2 Å². The molecule has 2 aromatic rings. The van der Waals surface area contributed by atoms with Crippen LogP contribution < -0.4 is 0 Å². The molecule has 2 aromatic carbocycles. The third-order valence-electron chi connectivity index (χ3n) is 6.25. The highest BCUT2D eigenvalue weighted by atomic mass is 16.5. The number of ether oxygens (including phenoxy) is 2. The van der Waals surface area contributed by atoms with Crippen molar-refractivity contribution >= 4 is 24.1 Å². The van der Waals surface area contributed by atoms with Crippen LogP contribution in [0.3, 0.4) is 0 Å². The van der Waals surface area contributed by atoms with Gasteiger partial charge in [-0.1, -0.05) is 72.8 Å². The van der Waals surface area contributed by atoms with E-state index in [2.05, 4.69) is 0 Å². The van der Waals surface area contributed by atoms with Crippen LogP contribution in [0.5, 0.6) is 0 Å². The van der Waals surface area contributed by atoms with Crippen LogP contribution >= 0.6 is 0 Å². The second kappa shape index (κ2) is 9.78. The summed E-state index contributed by atoms with van der Waals surface area (Å²) >= 11 is 0. The van der Waals surface area contributed by atoms with Gasteiger partial charge in [-0.2, -0.15) is 0 Å². The molecule has 0 saturated heterocycles. The Morgan fingerprint density at radius 2 is 1.10 bits per heavy atom. The maximum absolute atomic E-state index is 12.2. The second-order valence-corrected chi connectivity index (χ2v) is 8.60. The van der Waals surface area contributed by atoms with Crippen LogP contribution in [0.15, 0.2) is 72.8 Å². The summed E-state index contributed by atoms with van der Waals surface area (Å²) in [6, 6.07) is 19.9. The van der Waals surface area contributed by atoms with Crippen LogP contribution in [0.4, 0.5) is 0 Å². The summed E-state index contributed by atoms with van der Waals surface area (Å²) in [5.41, 5.74) is 2.32. The molecule has 4 nitrogen and oxygen atoms in total. The molecule has 4 rings (SSSR count). The van der Waals surface area contributed by atoms with Crippen molar-refractivity contribution in [3.8, 4) is 0 Å². The summed E-state index contributed by atoms with van der Waals surface area (Å²) in [6.45, 7) is 0.589. The fraction of sp³-hybridized carbons (Fsp3) is 0.333. The molecule has 31 heavy (non-hydrogen) atoms. The van der Waals surface area contributed by atoms with Gasteiger partial charge >= 0.3 is 11.9 Å². The lowest BCUT2D eigenvalue weighted by Crippen LogP contribution is -2.52. The molecule has 0 N–H and O–H groups in total. The van der Waals surface area contributed by atoms with Gasteiger partial charge in [0.05, 0.1) is 11.8 Å². The largest absolute Gasteiger partial charge is 0.461 e. The predicted octanol–water partition coefficient (Wildman–Crippen LogP) is 5.31. The van der Waals surface area contributed by atoms with Crippen LogP contribution in [-0.4, -0.2) is 25.2 Å². The second-order valence-electron chi connectivity index (χ2n) is 8.60. The van der Waals surface area contributed by atoms with E-state index in [1.54, 1.807) is 0 Å².